The van der Waals surface area contributed by atoms with Crippen LogP contribution in [0.3, 0.4) is 0 Å². The van der Waals surface area contributed by atoms with Crippen LogP contribution in [-0.4, -0.2) is 30.1 Å². The Balaban J connectivity index is 2.09. The second-order valence-electron chi connectivity index (χ2n) is 5.84. The number of carboxylic acids is 1. The fraction of sp³-hybridized carbons (Fsp3) is 0.600. The van der Waals surface area contributed by atoms with E-state index in [1.807, 2.05) is 13.8 Å². The van der Waals surface area contributed by atoms with Crippen molar-refractivity contribution in [1.29, 1.82) is 0 Å². The SMILES string of the molecule is CC(C)(CCNCC(=O)NCc1ccco1)CCC(=O)O. The molecule has 1 aromatic rings. The minimum Gasteiger partial charge on any atom is -0.481 e. The van der Waals surface area contributed by atoms with E-state index in [2.05, 4.69) is 10.6 Å². The summed E-state index contributed by atoms with van der Waals surface area (Å²) in [6.07, 6.45) is 3.20. The predicted molar refractivity (Wildman–Crippen MR) is 78.7 cm³/mol. The molecule has 0 spiro atoms. The Kier molecular flexibility index (Phi) is 6.94. The van der Waals surface area contributed by atoms with E-state index < -0.39 is 5.97 Å². The van der Waals surface area contributed by atoms with Gasteiger partial charge in [-0.3, -0.25) is 9.59 Å². The fourth-order valence-corrected chi connectivity index (χ4v) is 1.86. The lowest BCUT2D eigenvalue weighted by Gasteiger charge is -2.23. The van der Waals surface area contributed by atoms with E-state index >= 15 is 0 Å². The maximum Gasteiger partial charge on any atom is 0.303 e. The molecule has 0 atom stereocenters. The number of nitrogens with one attached hydrogen (secondary N) is 2. The van der Waals surface area contributed by atoms with Crippen LogP contribution in [0.15, 0.2) is 22.8 Å². The second kappa shape index (κ2) is 8.46. The van der Waals surface area contributed by atoms with E-state index in [1.165, 1.54) is 0 Å². The van der Waals surface area contributed by atoms with Gasteiger partial charge in [0, 0.05) is 6.42 Å². The molecule has 0 radical (unpaired) electrons. The number of carbonyl (C=O) groups is 2. The van der Waals surface area contributed by atoms with E-state index in [0.29, 0.717) is 19.5 Å². The van der Waals surface area contributed by atoms with Crippen molar-refractivity contribution in [2.24, 2.45) is 5.41 Å². The third-order valence-electron chi connectivity index (χ3n) is 3.32. The highest BCUT2D eigenvalue weighted by atomic mass is 16.4. The van der Waals surface area contributed by atoms with Gasteiger partial charge in [0.05, 0.1) is 19.4 Å². The summed E-state index contributed by atoms with van der Waals surface area (Å²) in [7, 11) is 0. The molecule has 6 heteroatoms. The standard InChI is InChI=1S/C15H24N2O4/c1-15(2,6-5-14(19)20)7-8-16-11-13(18)17-10-12-4-3-9-21-12/h3-4,9,16H,5-8,10-11H2,1-2H3,(H,17,18)(H,19,20). The summed E-state index contributed by atoms with van der Waals surface area (Å²) < 4.78 is 5.12. The van der Waals surface area contributed by atoms with Crippen molar-refractivity contribution in [3.05, 3.63) is 24.2 Å². The first-order valence-corrected chi connectivity index (χ1v) is 7.11. The molecule has 118 valence electrons. The molecule has 0 aromatic carbocycles. The largest absolute Gasteiger partial charge is 0.481 e. The summed E-state index contributed by atoms with van der Waals surface area (Å²) in [5.74, 6) is -0.138. The molecule has 1 amide bonds. The molecule has 0 aliphatic carbocycles. The Morgan fingerprint density at radius 1 is 1.33 bits per heavy atom. The van der Waals surface area contributed by atoms with Gasteiger partial charge in [-0.25, -0.2) is 0 Å². The lowest BCUT2D eigenvalue weighted by atomic mass is 9.84. The molecule has 0 aliphatic heterocycles. The zero-order valence-electron chi connectivity index (χ0n) is 12.6. The van der Waals surface area contributed by atoms with Crippen molar-refractivity contribution in [2.45, 2.75) is 39.7 Å². The van der Waals surface area contributed by atoms with Gasteiger partial charge in [-0.2, -0.15) is 0 Å². The first kappa shape index (κ1) is 17.2. The Labute approximate surface area is 124 Å². The minimum absolute atomic E-state index is 0.0456. The van der Waals surface area contributed by atoms with Gasteiger partial charge < -0.3 is 20.2 Å². The van der Waals surface area contributed by atoms with Crippen molar-refractivity contribution in [3.8, 4) is 0 Å². The molecule has 1 rings (SSSR count). The fourth-order valence-electron chi connectivity index (χ4n) is 1.86. The molecule has 1 heterocycles. The van der Waals surface area contributed by atoms with Gasteiger partial charge in [-0.15, -0.1) is 0 Å². The summed E-state index contributed by atoms with van der Waals surface area (Å²) in [5.41, 5.74) is -0.0456. The van der Waals surface area contributed by atoms with E-state index in [0.717, 1.165) is 12.2 Å². The molecular formula is C15H24N2O4. The van der Waals surface area contributed by atoms with E-state index in [9.17, 15) is 9.59 Å². The number of hydrogen-bond acceptors (Lipinski definition) is 4. The molecule has 3 N–H and O–H groups in total. The maximum atomic E-state index is 11.6. The van der Waals surface area contributed by atoms with Gasteiger partial charge in [-0.05, 0) is 36.9 Å². The molecule has 1 aromatic heterocycles. The Morgan fingerprint density at radius 2 is 2.10 bits per heavy atom. The maximum absolute atomic E-state index is 11.6. The van der Waals surface area contributed by atoms with E-state index in [1.54, 1.807) is 18.4 Å². The van der Waals surface area contributed by atoms with Gasteiger partial charge in [0.15, 0.2) is 0 Å². The highest BCUT2D eigenvalue weighted by Gasteiger charge is 2.18. The van der Waals surface area contributed by atoms with Gasteiger partial charge in [0.1, 0.15) is 5.76 Å². The number of hydrogen-bond donors (Lipinski definition) is 3. The van der Waals surface area contributed by atoms with Gasteiger partial charge >= 0.3 is 5.97 Å². The summed E-state index contributed by atoms with van der Waals surface area (Å²) in [4.78, 5) is 22.1. The molecule has 6 nitrogen and oxygen atoms in total. The summed E-state index contributed by atoms with van der Waals surface area (Å²) in [6.45, 7) is 5.39. The zero-order valence-corrected chi connectivity index (χ0v) is 12.6. The van der Waals surface area contributed by atoms with Crippen LogP contribution < -0.4 is 10.6 Å². The molecule has 0 fully saturated rings. The van der Waals surface area contributed by atoms with Crippen LogP contribution in [0.4, 0.5) is 0 Å². The zero-order chi connectivity index (χ0) is 15.7. The highest BCUT2D eigenvalue weighted by molar-refractivity contribution is 5.77. The monoisotopic (exact) mass is 296 g/mol. The van der Waals surface area contributed by atoms with Gasteiger partial charge in [-0.1, -0.05) is 13.8 Å². The average molecular weight is 296 g/mol. The first-order chi connectivity index (χ1) is 9.89. The first-order valence-electron chi connectivity index (χ1n) is 7.11. The molecule has 0 unspecified atom stereocenters. The Hall–Kier alpha value is -1.82. The van der Waals surface area contributed by atoms with Crippen LogP contribution in [0.5, 0.6) is 0 Å². The summed E-state index contributed by atoms with van der Waals surface area (Å²) in [5, 5.41) is 14.5. The van der Waals surface area contributed by atoms with E-state index in [-0.39, 0.29) is 24.3 Å². The Bertz CT molecular complexity index is 441. The average Bonchev–Trinajstić information content (AvgIpc) is 2.92. The van der Waals surface area contributed by atoms with Gasteiger partial charge in [0.25, 0.3) is 0 Å². The lowest BCUT2D eigenvalue weighted by Crippen LogP contribution is -2.35. The molecule has 21 heavy (non-hydrogen) atoms. The number of aliphatic carboxylic acids is 1. The normalized spacial score (nSPS) is 11.3. The van der Waals surface area contributed by atoms with Crippen molar-refractivity contribution in [3.63, 3.8) is 0 Å². The molecule has 0 saturated heterocycles. The topological polar surface area (TPSA) is 91.6 Å². The predicted octanol–water partition coefficient (Wildman–Crippen LogP) is 1.77. The number of amides is 1. The van der Waals surface area contributed by atoms with Crippen molar-refractivity contribution in [1.82, 2.24) is 10.6 Å². The number of carboxylic acid groups (broad SMARTS) is 1. The lowest BCUT2D eigenvalue weighted by molar-refractivity contribution is -0.137. The third-order valence-corrected chi connectivity index (χ3v) is 3.32. The molecule has 0 aliphatic rings. The van der Waals surface area contributed by atoms with Crippen molar-refractivity contribution >= 4 is 11.9 Å². The smallest absolute Gasteiger partial charge is 0.303 e. The quantitative estimate of drug-likeness (QED) is 0.572. The van der Waals surface area contributed by atoms with Crippen LogP contribution in [-0.2, 0) is 16.1 Å². The molecule has 0 bridgehead atoms. The number of rotatable bonds is 10. The Morgan fingerprint density at radius 3 is 2.71 bits per heavy atom. The van der Waals surface area contributed by atoms with E-state index in [4.69, 9.17) is 9.52 Å². The summed E-state index contributed by atoms with van der Waals surface area (Å²) in [6, 6.07) is 3.58. The van der Waals surface area contributed by atoms with Crippen LogP contribution in [0, 0.1) is 5.41 Å². The van der Waals surface area contributed by atoms with Crippen LogP contribution in [0.1, 0.15) is 38.9 Å². The van der Waals surface area contributed by atoms with Crippen LogP contribution in [0.25, 0.3) is 0 Å². The second-order valence-corrected chi connectivity index (χ2v) is 5.84. The number of furan rings is 1. The third kappa shape index (κ3) is 8.14. The molecule has 0 saturated carbocycles. The van der Waals surface area contributed by atoms with Crippen LogP contribution in [0.2, 0.25) is 0 Å². The summed E-state index contributed by atoms with van der Waals surface area (Å²) >= 11 is 0. The van der Waals surface area contributed by atoms with Crippen molar-refractivity contribution < 1.29 is 19.1 Å². The highest BCUT2D eigenvalue weighted by Crippen LogP contribution is 2.25. The van der Waals surface area contributed by atoms with Crippen molar-refractivity contribution in [2.75, 3.05) is 13.1 Å². The molecular weight excluding hydrogens is 272 g/mol. The van der Waals surface area contributed by atoms with Crippen LogP contribution >= 0.6 is 0 Å². The van der Waals surface area contributed by atoms with Gasteiger partial charge in [0.2, 0.25) is 5.91 Å². The minimum atomic E-state index is -0.770. The number of carbonyl (C=O) groups excluding carboxylic acids is 1.